The summed E-state index contributed by atoms with van der Waals surface area (Å²) >= 11 is 0. The van der Waals surface area contributed by atoms with Crippen molar-refractivity contribution in [1.29, 1.82) is 0 Å². The number of pyridine rings is 1. The zero-order valence-corrected chi connectivity index (χ0v) is 14.8. The van der Waals surface area contributed by atoms with Crippen molar-refractivity contribution in [3.05, 3.63) is 58.6 Å². The number of fused-ring (bicyclic) bond motifs is 1. The molecule has 0 unspecified atom stereocenters. The number of hydrogen-bond acceptors (Lipinski definition) is 6. The minimum atomic E-state index is -0.526. The molecule has 0 radical (unpaired) electrons. The second kappa shape index (κ2) is 7.16. The summed E-state index contributed by atoms with van der Waals surface area (Å²) in [4.78, 5) is 36.4. The summed E-state index contributed by atoms with van der Waals surface area (Å²) < 4.78 is 12.1. The molecule has 138 valence electrons. The average Bonchev–Trinajstić information content (AvgIpc) is 2.73. The van der Waals surface area contributed by atoms with E-state index >= 15 is 0 Å². The van der Waals surface area contributed by atoms with Gasteiger partial charge in [0.05, 0.1) is 26.0 Å². The van der Waals surface area contributed by atoms with Gasteiger partial charge in [0.1, 0.15) is 11.3 Å². The van der Waals surface area contributed by atoms with Crippen molar-refractivity contribution in [1.82, 2.24) is 19.4 Å². The van der Waals surface area contributed by atoms with E-state index in [9.17, 15) is 9.59 Å². The van der Waals surface area contributed by atoms with Crippen LogP contribution in [-0.4, -0.2) is 58.8 Å². The molecule has 3 aromatic rings. The van der Waals surface area contributed by atoms with Crippen LogP contribution in [0.2, 0.25) is 0 Å². The fourth-order valence-electron chi connectivity index (χ4n) is 3.11. The Bertz CT molecular complexity index is 1060. The highest BCUT2D eigenvalue weighted by Gasteiger charge is 2.26. The van der Waals surface area contributed by atoms with Gasteiger partial charge in [-0.05, 0) is 24.3 Å². The first-order valence-corrected chi connectivity index (χ1v) is 8.59. The summed E-state index contributed by atoms with van der Waals surface area (Å²) in [5, 5.41) is 0. The molecule has 1 saturated heterocycles. The van der Waals surface area contributed by atoms with Gasteiger partial charge in [0, 0.05) is 19.3 Å². The van der Waals surface area contributed by atoms with E-state index in [4.69, 9.17) is 9.47 Å². The topological polar surface area (TPSA) is 86.5 Å². The summed E-state index contributed by atoms with van der Waals surface area (Å²) in [6.07, 6.45) is 1.58. The standard InChI is InChI=1S/C19H18N4O4/c1-26-15-7-3-2-6-14(15)23-17-13(5-4-8-20-17)21-16(19(23)25)18(24)22-9-11-27-12-10-22/h2-8H,9-12H2,1H3. The second-order valence-corrected chi connectivity index (χ2v) is 6.02. The molecule has 0 bridgehead atoms. The number of ether oxygens (including phenoxy) is 2. The number of hydrogen-bond donors (Lipinski definition) is 0. The van der Waals surface area contributed by atoms with Crippen LogP contribution < -0.4 is 10.3 Å². The zero-order valence-electron chi connectivity index (χ0n) is 14.8. The Balaban J connectivity index is 1.96. The number of para-hydroxylation sites is 2. The Morgan fingerprint density at radius 1 is 1.15 bits per heavy atom. The Morgan fingerprint density at radius 3 is 2.70 bits per heavy atom. The number of aromatic nitrogens is 3. The summed E-state index contributed by atoms with van der Waals surface area (Å²) in [5.74, 6) is 0.0974. The molecule has 1 aliphatic rings. The van der Waals surface area contributed by atoms with E-state index < -0.39 is 11.5 Å². The van der Waals surface area contributed by atoms with Gasteiger partial charge in [-0.1, -0.05) is 12.1 Å². The predicted octanol–water partition coefficient (Wildman–Crippen LogP) is 1.26. The molecule has 3 heterocycles. The minimum absolute atomic E-state index is 0.136. The van der Waals surface area contributed by atoms with Gasteiger partial charge in [-0.25, -0.2) is 9.97 Å². The Hall–Kier alpha value is -3.26. The predicted molar refractivity (Wildman–Crippen MR) is 98.4 cm³/mol. The molecule has 0 atom stereocenters. The number of morpholine rings is 1. The maximum absolute atomic E-state index is 13.3. The summed E-state index contributed by atoms with van der Waals surface area (Å²) in [6, 6.07) is 10.5. The van der Waals surface area contributed by atoms with Crippen LogP contribution in [-0.2, 0) is 4.74 Å². The van der Waals surface area contributed by atoms with Crippen LogP contribution in [0.3, 0.4) is 0 Å². The third-order valence-electron chi connectivity index (χ3n) is 4.44. The molecular formula is C19H18N4O4. The third kappa shape index (κ3) is 3.04. The quantitative estimate of drug-likeness (QED) is 0.694. The van der Waals surface area contributed by atoms with Crippen molar-refractivity contribution in [3.63, 3.8) is 0 Å². The van der Waals surface area contributed by atoms with Crippen LogP contribution in [0, 0.1) is 0 Å². The van der Waals surface area contributed by atoms with Crippen molar-refractivity contribution in [2.45, 2.75) is 0 Å². The normalized spacial score (nSPS) is 14.3. The van der Waals surface area contributed by atoms with Crippen LogP contribution >= 0.6 is 0 Å². The van der Waals surface area contributed by atoms with Gasteiger partial charge < -0.3 is 14.4 Å². The van der Waals surface area contributed by atoms with E-state index in [0.29, 0.717) is 48.9 Å². The van der Waals surface area contributed by atoms with Crippen LogP contribution in [0.1, 0.15) is 10.5 Å². The van der Waals surface area contributed by atoms with E-state index in [2.05, 4.69) is 9.97 Å². The summed E-state index contributed by atoms with van der Waals surface area (Å²) in [7, 11) is 1.53. The van der Waals surface area contributed by atoms with Gasteiger partial charge in [-0.15, -0.1) is 0 Å². The summed E-state index contributed by atoms with van der Waals surface area (Å²) in [5.41, 5.74) is 0.669. The maximum Gasteiger partial charge on any atom is 0.288 e. The number of benzene rings is 1. The SMILES string of the molecule is COc1ccccc1-n1c(=O)c(C(=O)N2CCOCC2)nc2cccnc21. The van der Waals surface area contributed by atoms with Crippen molar-refractivity contribution in [3.8, 4) is 11.4 Å². The molecule has 1 aliphatic heterocycles. The van der Waals surface area contributed by atoms with E-state index in [1.807, 2.05) is 6.07 Å². The van der Waals surface area contributed by atoms with E-state index in [1.54, 1.807) is 41.4 Å². The molecular weight excluding hydrogens is 348 g/mol. The lowest BCUT2D eigenvalue weighted by Crippen LogP contribution is -2.44. The van der Waals surface area contributed by atoms with Crippen molar-refractivity contribution >= 4 is 17.1 Å². The van der Waals surface area contributed by atoms with Crippen LogP contribution in [0.4, 0.5) is 0 Å². The highest BCUT2D eigenvalue weighted by Crippen LogP contribution is 2.23. The molecule has 27 heavy (non-hydrogen) atoms. The first-order valence-electron chi connectivity index (χ1n) is 8.59. The number of amides is 1. The van der Waals surface area contributed by atoms with Crippen molar-refractivity contribution < 1.29 is 14.3 Å². The van der Waals surface area contributed by atoms with Crippen molar-refractivity contribution in [2.75, 3.05) is 33.4 Å². The minimum Gasteiger partial charge on any atom is -0.495 e. The van der Waals surface area contributed by atoms with Crippen LogP contribution in [0.15, 0.2) is 47.4 Å². The fraction of sp³-hybridized carbons (Fsp3) is 0.263. The molecule has 0 aliphatic carbocycles. The first-order chi connectivity index (χ1) is 13.2. The highest BCUT2D eigenvalue weighted by molar-refractivity contribution is 5.94. The second-order valence-electron chi connectivity index (χ2n) is 6.02. The van der Waals surface area contributed by atoms with Crippen molar-refractivity contribution in [2.24, 2.45) is 0 Å². The maximum atomic E-state index is 13.3. The molecule has 4 rings (SSSR count). The van der Waals surface area contributed by atoms with Crippen LogP contribution in [0.5, 0.6) is 5.75 Å². The Labute approximate surface area is 155 Å². The molecule has 2 aromatic heterocycles. The molecule has 1 fully saturated rings. The number of carbonyl (C=O) groups is 1. The monoisotopic (exact) mass is 366 g/mol. The molecule has 0 spiro atoms. The highest BCUT2D eigenvalue weighted by atomic mass is 16.5. The Morgan fingerprint density at radius 2 is 1.93 bits per heavy atom. The smallest absolute Gasteiger partial charge is 0.288 e. The third-order valence-corrected chi connectivity index (χ3v) is 4.44. The molecule has 1 aromatic carbocycles. The fourth-order valence-corrected chi connectivity index (χ4v) is 3.11. The average molecular weight is 366 g/mol. The van der Waals surface area contributed by atoms with E-state index in [0.717, 1.165) is 0 Å². The molecule has 8 heteroatoms. The molecule has 8 nitrogen and oxygen atoms in total. The first kappa shape index (κ1) is 17.2. The van der Waals surface area contributed by atoms with Gasteiger partial charge in [0.2, 0.25) is 0 Å². The molecule has 0 saturated carbocycles. The lowest BCUT2D eigenvalue weighted by molar-refractivity contribution is 0.0298. The molecule has 0 N–H and O–H groups in total. The van der Waals surface area contributed by atoms with Gasteiger partial charge >= 0.3 is 0 Å². The largest absolute Gasteiger partial charge is 0.495 e. The lowest BCUT2D eigenvalue weighted by Gasteiger charge is -2.26. The van der Waals surface area contributed by atoms with Gasteiger partial charge in [-0.3, -0.25) is 14.2 Å². The van der Waals surface area contributed by atoms with Gasteiger partial charge in [0.15, 0.2) is 11.3 Å². The van der Waals surface area contributed by atoms with E-state index in [-0.39, 0.29) is 5.69 Å². The summed E-state index contributed by atoms with van der Waals surface area (Å²) in [6.45, 7) is 1.75. The number of carbonyl (C=O) groups excluding carboxylic acids is 1. The zero-order chi connectivity index (χ0) is 18.8. The molecule has 1 amide bonds. The van der Waals surface area contributed by atoms with Gasteiger partial charge in [0.25, 0.3) is 11.5 Å². The lowest BCUT2D eigenvalue weighted by atomic mass is 10.2. The van der Waals surface area contributed by atoms with E-state index in [1.165, 1.54) is 11.7 Å². The van der Waals surface area contributed by atoms with Gasteiger partial charge in [-0.2, -0.15) is 0 Å². The number of rotatable bonds is 3. The Kier molecular flexibility index (Phi) is 4.55. The number of methoxy groups -OCH3 is 1. The number of nitrogens with zero attached hydrogens (tertiary/aromatic N) is 4. The van der Waals surface area contributed by atoms with Crippen LogP contribution in [0.25, 0.3) is 16.9 Å².